The SMILES string of the molecule is Cc1ccc(NC(=O)c2cccc3cc(-c4cccc5c4c(NC(=O)CCc4ccccc4)nn5C(=O)CCc4ccccc4)ccc23)cc1F. The first kappa shape index (κ1) is 33.1. The van der Waals surface area contributed by atoms with Gasteiger partial charge in [0.15, 0.2) is 5.82 Å². The van der Waals surface area contributed by atoms with E-state index in [0.717, 1.165) is 33.0 Å². The van der Waals surface area contributed by atoms with Crippen LogP contribution in [0.2, 0.25) is 0 Å². The van der Waals surface area contributed by atoms with Gasteiger partial charge < -0.3 is 10.6 Å². The van der Waals surface area contributed by atoms with Crippen LogP contribution in [0.1, 0.15) is 44.7 Å². The number of fused-ring (bicyclic) bond motifs is 2. The number of nitrogens with one attached hydrogen (secondary N) is 2. The zero-order chi connectivity index (χ0) is 35.3. The van der Waals surface area contributed by atoms with Crippen molar-refractivity contribution in [1.29, 1.82) is 0 Å². The number of rotatable bonds is 10. The minimum Gasteiger partial charge on any atom is -0.322 e. The average Bonchev–Trinajstić information content (AvgIpc) is 3.53. The lowest BCUT2D eigenvalue weighted by atomic mass is 9.96. The fourth-order valence-electron chi connectivity index (χ4n) is 6.30. The third-order valence-corrected chi connectivity index (χ3v) is 9.02. The van der Waals surface area contributed by atoms with E-state index in [1.807, 2.05) is 103 Å². The summed E-state index contributed by atoms with van der Waals surface area (Å²) < 4.78 is 15.6. The Morgan fingerprint density at radius 2 is 1.41 bits per heavy atom. The highest BCUT2D eigenvalue weighted by Crippen LogP contribution is 2.36. The Morgan fingerprint density at radius 3 is 2.14 bits per heavy atom. The molecule has 2 N–H and O–H groups in total. The summed E-state index contributed by atoms with van der Waals surface area (Å²) in [6, 6.07) is 41.1. The topological polar surface area (TPSA) is 93.1 Å². The van der Waals surface area contributed by atoms with E-state index in [1.54, 1.807) is 31.2 Å². The summed E-state index contributed by atoms with van der Waals surface area (Å²) in [5.41, 5.74) is 5.60. The number of carbonyl (C=O) groups excluding carboxylic acids is 3. The zero-order valence-corrected chi connectivity index (χ0v) is 28.0. The number of aryl methyl sites for hydroxylation is 3. The number of anilines is 2. The van der Waals surface area contributed by atoms with Gasteiger partial charge in [0, 0.05) is 24.1 Å². The summed E-state index contributed by atoms with van der Waals surface area (Å²) in [5.74, 6) is -0.828. The zero-order valence-electron chi connectivity index (χ0n) is 28.0. The van der Waals surface area contributed by atoms with Crippen LogP contribution in [0.5, 0.6) is 0 Å². The van der Waals surface area contributed by atoms with Crippen molar-refractivity contribution in [3.63, 3.8) is 0 Å². The molecule has 0 atom stereocenters. The van der Waals surface area contributed by atoms with Crippen molar-refractivity contribution in [1.82, 2.24) is 9.78 Å². The van der Waals surface area contributed by atoms with Crippen LogP contribution in [0.4, 0.5) is 15.9 Å². The monoisotopic (exact) mass is 674 g/mol. The second-order valence-electron chi connectivity index (χ2n) is 12.5. The van der Waals surface area contributed by atoms with Crippen LogP contribution >= 0.6 is 0 Å². The third-order valence-electron chi connectivity index (χ3n) is 9.02. The highest BCUT2D eigenvalue weighted by Gasteiger charge is 2.21. The standard InChI is InChI=1S/C43H35FN4O3/c1-28-18-22-33(27-37(28)44)45-43(51)36-16-8-14-31-26-32(21-23-34(31)36)35-15-9-17-38-41(35)42(46-39(49)24-19-29-10-4-2-5-11-29)47-48(38)40(50)25-20-30-12-6-3-7-13-30/h2-18,21-23,26-27H,19-20,24-25H2,1H3,(H,45,51)(H,46,47,49). The van der Waals surface area contributed by atoms with Gasteiger partial charge in [0.25, 0.3) is 5.91 Å². The molecule has 0 bridgehead atoms. The first-order valence-electron chi connectivity index (χ1n) is 16.9. The molecule has 0 radical (unpaired) electrons. The van der Waals surface area contributed by atoms with Crippen LogP contribution in [0.15, 0.2) is 133 Å². The summed E-state index contributed by atoms with van der Waals surface area (Å²) in [6.07, 6.45) is 1.60. The first-order chi connectivity index (χ1) is 24.8. The molecule has 7 nitrogen and oxygen atoms in total. The van der Waals surface area contributed by atoms with E-state index in [0.29, 0.717) is 46.4 Å². The summed E-state index contributed by atoms with van der Waals surface area (Å²) in [6.45, 7) is 1.67. The van der Waals surface area contributed by atoms with Gasteiger partial charge in [0.1, 0.15) is 5.82 Å². The van der Waals surface area contributed by atoms with Crippen molar-refractivity contribution < 1.29 is 18.8 Å². The molecule has 1 aromatic heterocycles. The Morgan fingerprint density at radius 1 is 0.706 bits per heavy atom. The van der Waals surface area contributed by atoms with E-state index in [1.165, 1.54) is 10.7 Å². The van der Waals surface area contributed by atoms with Crippen LogP contribution in [-0.4, -0.2) is 27.5 Å². The van der Waals surface area contributed by atoms with Gasteiger partial charge >= 0.3 is 0 Å². The molecule has 0 unspecified atom stereocenters. The minimum atomic E-state index is -0.391. The van der Waals surface area contributed by atoms with Gasteiger partial charge in [0.05, 0.1) is 10.9 Å². The number of halogens is 1. The quantitative estimate of drug-likeness (QED) is 0.151. The normalized spacial score (nSPS) is 11.1. The van der Waals surface area contributed by atoms with Crippen molar-refractivity contribution in [2.24, 2.45) is 0 Å². The number of nitrogens with zero attached hydrogens (tertiary/aromatic N) is 2. The van der Waals surface area contributed by atoms with E-state index in [-0.39, 0.29) is 30.6 Å². The van der Waals surface area contributed by atoms with E-state index in [9.17, 15) is 18.8 Å². The fraction of sp³-hybridized carbons (Fsp3) is 0.116. The number of hydrogen-bond donors (Lipinski definition) is 2. The predicted molar refractivity (Wildman–Crippen MR) is 201 cm³/mol. The Balaban J connectivity index is 1.23. The minimum absolute atomic E-state index is 0.187. The molecule has 6 aromatic carbocycles. The molecule has 1 heterocycles. The molecule has 2 amide bonds. The summed E-state index contributed by atoms with van der Waals surface area (Å²) in [7, 11) is 0. The van der Waals surface area contributed by atoms with E-state index >= 15 is 0 Å². The lowest BCUT2D eigenvalue weighted by Crippen LogP contribution is -2.16. The first-order valence-corrected chi connectivity index (χ1v) is 16.9. The van der Waals surface area contributed by atoms with Gasteiger partial charge in [0.2, 0.25) is 11.8 Å². The van der Waals surface area contributed by atoms with Crippen molar-refractivity contribution in [3.05, 3.63) is 162 Å². The van der Waals surface area contributed by atoms with Crippen LogP contribution in [0, 0.1) is 12.7 Å². The molecule has 0 aliphatic rings. The van der Waals surface area contributed by atoms with Crippen molar-refractivity contribution in [2.45, 2.75) is 32.6 Å². The van der Waals surface area contributed by atoms with Crippen LogP contribution in [-0.2, 0) is 17.6 Å². The molecule has 51 heavy (non-hydrogen) atoms. The largest absolute Gasteiger partial charge is 0.322 e. The second kappa shape index (κ2) is 14.6. The smallest absolute Gasteiger partial charge is 0.256 e. The number of carbonyl (C=O) groups is 3. The maximum absolute atomic E-state index is 14.2. The number of benzene rings is 6. The second-order valence-corrected chi connectivity index (χ2v) is 12.5. The summed E-state index contributed by atoms with van der Waals surface area (Å²) >= 11 is 0. The molecular weight excluding hydrogens is 639 g/mol. The predicted octanol–water partition coefficient (Wildman–Crippen LogP) is 9.40. The van der Waals surface area contributed by atoms with Gasteiger partial charge in [-0.15, -0.1) is 5.10 Å². The number of amides is 2. The molecule has 0 aliphatic heterocycles. The fourth-order valence-corrected chi connectivity index (χ4v) is 6.30. The molecule has 0 saturated heterocycles. The molecular formula is C43H35FN4O3. The lowest BCUT2D eigenvalue weighted by molar-refractivity contribution is -0.116. The Labute approximate surface area is 294 Å². The van der Waals surface area contributed by atoms with Gasteiger partial charge in [-0.1, -0.05) is 103 Å². The van der Waals surface area contributed by atoms with E-state index in [4.69, 9.17) is 0 Å². The van der Waals surface area contributed by atoms with E-state index in [2.05, 4.69) is 15.7 Å². The molecule has 7 aromatic rings. The van der Waals surface area contributed by atoms with Gasteiger partial charge in [-0.05, 0) is 88.7 Å². The highest BCUT2D eigenvalue weighted by molar-refractivity contribution is 6.14. The molecule has 8 heteroatoms. The molecule has 0 aliphatic carbocycles. The summed E-state index contributed by atoms with van der Waals surface area (Å²) in [4.78, 5) is 40.3. The highest BCUT2D eigenvalue weighted by atomic mass is 19.1. The maximum atomic E-state index is 14.2. The van der Waals surface area contributed by atoms with Gasteiger partial charge in [-0.3, -0.25) is 14.4 Å². The van der Waals surface area contributed by atoms with Crippen LogP contribution in [0.25, 0.3) is 32.8 Å². The summed E-state index contributed by atoms with van der Waals surface area (Å²) in [5, 5.41) is 12.7. The Hall–Kier alpha value is -6.41. The molecule has 0 spiro atoms. The number of hydrogen-bond acceptors (Lipinski definition) is 4. The van der Waals surface area contributed by atoms with Gasteiger partial charge in [-0.2, -0.15) is 4.68 Å². The number of aromatic nitrogens is 2. The van der Waals surface area contributed by atoms with Crippen molar-refractivity contribution in [2.75, 3.05) is 10.6 Å². The maximum Gasteiger partial charge on any atom is 0.256 e. The lowest BCUT2D eigenvalue weighted by Gasteiger charge is -2.11. The van der Waals surface area contributed by atoms with Crippen LogP contribution < -0.4 is 10.6 Å². The molecule has 0 saturated carbocycles. The Bertz CT molecular complexity index is 2400. The van der Waals surface area contributed by atoms with E-state index < -0.39 is 5.82 Å². The molecule has 252 valence electrons. The molecule has 0 fully saturated rings. The van der Waals surface area contributed by atoms with Crippen molar-refractivity contribution >= 4 is 50.9 Å². The van der Waals surface area contributed by atoms with Crippen molar-refractivity contribution in [3.8, 4) is 11.1 Å². The van der Waals surface area contributed by atoms with Gasteiger partial charge in [-0.25, -0.2) is 4.39 Å². The molecule has 7 rings (SSSR count). The average molecular weight is 675 g/mol. The van der Waals surface area contributed by atoms with Crippen LogP contribution in [0.3, 0.4) is 0 Å². The Kier molecular flexibility index (Phi) is 9.48. The third kappa shape index (κ3) is 7.31.